The lowest BCUT2D eigenvalue weighted by Crippen LogP contribution is -2.41. The normalized spacial score (nSPS) is 32.4. The fourth-order valence-corrected chi connectivity index (χ4v) is 5.94. The molecule has 1 aromatic carbocycles. The van der Waals surface area contributed by atoms with Crippen LogP contribution in [0.3, 0.4) is 0 Å². The Morgan fingerprint density at radius 3 is 3.00 bits per heavy atom. The van der Waals surface area contributed by atoms with Gasteiger partial charge in [-0.2, -0.15) is 0 Å². The molecular formula is C20H25N3O3S. The highest BCUT2D eigenvalue weighted by Gasteiger charge is 2.63. The smallest absolute Gasteiger partial charge is 0.208 e. The van der Waals surface area contributed by atoms with Crippen molar-refractivity contribution >= 4 is 26.6 Å². The first-order chi connectivity index (χ1) is 12.8. The maximum Gasteiger partial charge on any atom is 0.208 e. The molecule has 3 aliphatic rings. The van der Waals surface area contributed by atoms with Gasteiger partial charge in [0.25, 0.3) is 0 Å². The van der Waals surface area contributed by atoms with E-state index in [-0.39, 0.29) is 17.6 Å². The van der Waals surface area contributed by atoms with Crippen LogP contribution in [0.2, 0.25) is 0 Å². The third-order valence-electron chi connectivity index (χ3n) is 6.53. The molecule has 7 heteroatoms. The Bertz CT molecular complexity index is 1010. The van der Waals surface area contributed by atoms with Crippen LogP contribution in [0.5, 0.6) is 0 Å². The molecule has 144 valence electrons. The standard InChI is InChI=1S/C20H25N3O3S/c1-13-9-18(14-5-3-4-6-17(14)22-13)23-11-16-15(10-21-27(2,24)25)19-7-8-20(16,12-23)26-19/h3-6,9,15-16,19,21H,7-8,10-12H2,1-2H3/t15-,16+,19+,20+/m0/s1. The largest absolute Gasteiger partial charge is 0.369 e. The summed E-state index contributed by atoms with van der Waals surface area (Å²) >= 11 is 0. The van der Waals surface area contributed by atoms with Gasteiger partial charge in [-0.1, -0.05) is 18.2 Å². The van der Waals surface area contributed by atoms with Crippen molar-refractivity contribution in [2.24, 2.45) is 11.8 Å². The summed E-state index contributed by atoms with van der Waals surface area (Å²) in [6.45, 7) is 4.28. The second kappa shape index (κ2) is 5.90. The highest BCUT2D eigenvalue weighted by Crippen LogP contribution is 2.55. The van der Waals surface area contributed by atoms with E-state index in [2.05, 4.69) is 38.9 Å². The fraction of sp³-hybridized carbons (Fsp3) is 0.550. The van der Waals surface area contributed by atoms with Gasteiger partial charge in [-0.25, -0.2) is 13.1 Å². The third-order valence-corrected chi connectivity index (χ3v) is 7.22. The molecule has 2 aromatic rings. The van der Waals surface area contributed by atoms with Crippen LogP contribution in [0.25, 0.3) is 10.9 Å². The molecule has 0 aliphatic carbocycles. The van der Waals surface area contributed by atoms with Gasteiger partial charge in [0.2, 0.25) is 10.0 Å². The molecule has 1 spiro atoms. The summed E-state index contributed by atoms with van der Waals surface area (Å²) in [6, 6.07) is 10.4. The summed E-state index contributed by atoms with van der Waals surface area (Å²) in [7, 11) is -3.19. The van der Waals surface area contributed by atoms with Crippen LogP contribution in [0.15, 0.2) is 30.3 Å². The van der Waals surface area contributed by atoms with E-state index >= 15 is 0 Å². The summed E-state index contributed by atoms with van der Waals surface area (Å²) < 4.78 is 32.3. The van der Waals surface area contributed by atoms with Gasteiger partial charge in [0.05, 0.1) is 23.5 Å². The van der Waals surface area contributed by atoms with E-state index in [0.717, 1.165) is 37.1 Å². The van der Waals surface area contributed by atoms with E-state index in [1.807, 2.05) is 13.0 Å². The number of aromatic nitrogens is 1. The van der Waals surface area contributed by atoms with E-state index in [4.69, 9.17) is 4.74 Å². The van der Waals surface area contributed by atoms with Crippen molar-refractivity contribution in [2.75, 3.05) is 30.8 Å². The molecule has 4 heterocycles. The Morgan fingerprint density at radius 2 is 2.19 bits per heavy atom. The first kappa shape index (κ1) is 17.4. The molecule has 6 nitrogen and oxygen atoms in total. The first-order valence-electron chi connectivity index (χ1n) is 9.58. The molecule has 3 fully saturated rings. The van der Waals surface area contributed by atoms with Crippen LogP contribution in [0.1, 0.15) is 18.5 Å². The van der Waals surface area contributed by atoms with E-state index < -0.39 is 10.0 Å². The molecular weight excluding hydrogens is 362 g/mol. The van der Waals surface area contributed by atoms with Gasteiger partial charge in [0.1, 0.15) is 0 Å². The number of sulfonamides is 1. The summed E-state index contributed by atoms with van der Waals surface area (Å²) in [6.07, 6.45) is 3.50. The van der Waals surface area contributed by atoms with Gasteiger partial charge in [0, 0.05) is 48.2 Å². The Kier molecular flexibility index (Phi) is 3.80. The molecule has 4 atom stereocenters. The van der Waals surface area contributed by atoms with Gasteiger partial charge in [-0.15, -0.1) is 0 Å². The van der Waals surface area contributed by atoms with E-state index in [9.17, 15) is 8.42 Å². The average molecular weight is 388 g/mol. The van der Waals surface area contributed by atoms with Crippen molar-refractivity contribution in [3.8, 4) is 0 Å². The number of ether oxygens (including phenoxy) is 1. The number of para-hydroxylation sites is 1. The number of rotatable bonds is 4. The number of pyridine rings is 1. The van der Waals surface area contributed by atoms with Crippen LogP contribution in [0.4, 0.5) is 5.69 Å². The number of hydrogen-bond donors (Lipinski definition) is 1. The molecule has 5 rings (SSSR count). The summed E-state index contributed by atoms with van der Waals surface area (Å²) in [5.41, 5.74) is 3.11. The Morgan fingerprint density at radius 1 is 1.37 bits per heavy atom. The topological polar surface area (TPSA) is 71.5 Å². The number of fused-ring (bicyclic) bond motifs is 2. The summed E-state index contributed by atoms with van der Waals surface area (Å²) in [5, 5.41) is 1.17. The lowest BCUT2D eigenvalue weighted by molar-refractivity contribution is 0.0142. The average Bonchev–Trinajstić information content (AvgIpc) is 3.26. The lowest BCUT2D eigenvalue weighted by atomic mass is 9.74. The Balaban J connectivity index is 1.47. The third kappa shape index (κ3) is 2.83. The predicted octanol–water partition coefficient (Wildman–Crippen LogP) is 2.08. The van der Waals surface area contributed by atoms with Crippen molar-refractivity contribution in [2.45, 2.75) is 31.5 Å². The van der Waals surface area contributed by atoms with Crippen LogP contribution < -0.4 is 9.62 Å². The van der Waals surface area contributed by atoms with Crippen molar-refractivity contribution in [1.82, 2.24) is 9.71 Å². The number of nitrogens with zero attached hydrogens (tertiary/aromatic N) is 2. The van der Waals surface area contributed by atoms with Crippen molar-refractivity contribution in [3.05, 3.63) is 36.0 Å². The van der Waals surface area contributed by atoms with Crippen molar-refractivity contribution in [1.29, 1.82) is 0 Å². The number of anilines is 1. The minimum Gasteiger partial charge on any atom is -0.369 e. The second-order valence-electron chi connectivity index (χ2n) is 8.33. The van der Waals surface area contributed by atoms with Gasteiger partial charge < -0.3 is 9.64 Å². The minimum absolute atomic E-state index is 0.132. The fourth-order valence-electron chi connectivity index (χ4n) is 5.44. The number of nitrogens with one attached hydrogen (secondary N) is 1. The van der Waals surface area contributed by atoms with E-state index in [0.29, 0.717) is 12.5 Å². The summed E-state index contributed by atoms with van der Waals surface area (Å²) in [5.74, 6) is 0.602. The number of benzene rings is 1. The number of hydrogen-bond acceptors (Lipinski definition) is 5. The molecule has 0 radical (unpaired) electrons. The Labute approximate surface area is 160 Å². The minimum atomic E-state index is -3.19. The van der Waals surface area contributed by atoms with Crippen LogP contribution in [0, 0.1) is 18.8 Å². The molecule has 2 bridgehead atoms. The molecule has 1 aromatic heterocycles. The SMILES string of the molecule is Cc1cc(N2C[C@@H]3[C@H](CNS(C)(=O)=O)[C@H]4CC[C@]3(C2)O4)c2ccccc2n1. The maximum atomic E-state index is 11.6. The van der Waals surface area contributed by atoms with Gasteiger partial charge >= 0.3 is 0 Å². The quantitative estimate of drug-likeness (QED) is 0.870. The highest BCUT2D eigenvalue weighted by molar-refractivity contribution is 7.88. The molecule has 3 saturated heterocycles. The van der Waals surface area contributed by atoms with Crippen LogP contribution in [-0.2, 0) is 14.8 Å². The molecule has 27 heavy (non-hydrogen) atoms. The van der Waals surface area contributed by atoms with Gasteiger partial charge in [0.15, 0.2) is 0 Å². The zero-order valence-electron chi connectivity index (χ0n) is 15.7. The number of aryl methyl sites for hydroxylation is 1. The zero-order chi connectivity index (χ0) is 18.8. The van der Waals surface area contributed by atoms with Crippen molar-refractivity contribution < 1.29 is 13.2 Å². The zero-order valence-corrected chi connectivity index (χ0v) is 16.5. The second-order valence-corrected chi connectivity index (χ2v) is 10.2. The van der Waals surface area contributed by atoms with Gasteiger partial charge in [-0.05, 0) is 31.9 Å². The predicted molar refractivity (Wildman–Crippen MR) is 105 cm³/mol. The monoisotopic (exact) mass is 387 g/mol. The Hall–Kier alpha value is -1.70. The molecule has 0 unspecified atom stereocenters. The molecule has 0 amide bonds. The molecule has 3 aliphatic heterocycles. The highest BCUT2D eigenvalue weighted by atomic mass is 32.2. The van der Waals surface area contributed by atoms with Gasteiger partial charge in [-0.3, -0.25) is 4.98 Å². The summed E-state index contributed by atoms with van der Waals surface area (Å²) in [4.78, 5) is 7.09. The molecule has 1 N–H and O–H groups in total. The van der Waals surface area contributed by atoms with E-state index in [1.54, 1.807) is 0 Å². The van der Waals surface area contributed by atoms with Crippen LogP contribution in [-0.4, -0.2) is 51.0 Å². The van der Waals surface area contributed by atoms with Crippen LogP contribution >= 0.6 is 0 Å². The van der Waals surface area contributed by atoms with E-state index in [1.165, 1.54) is 17.3 Å². The first-order valence-corrected chi connectivity index (χ1v) is 11.5. The lowest BCUT2D eigenvalue weighted by Gasteiger charge is -2.29. The molecule has 0 saturated carbocycles. The van der Waals surface area contributed by atoms with Crippen molar-refractivity contribution in [3.63, 3.8) is 0 Å². The maximum absolute atomic E-state index is 11.6.